The highest BCUT2D eigenvalue weighted by Crippen LogP contribution is 2.26. The maximum atomic E-state index is 11.6. The van der Waals surface area contributed by atoms with Crippen molar-refractivity contribution >= 4 is 17.2 Å². The minimum absolute atomic E-state index is 0.336. The molecule has 2 aromatic rings. The second-order valence-electron chi connectivity index (χ2n) is 4.57. The highest BCUT2D eigenvalue weighted by atomic mass is 32.1. The first-order valence-corrected chi connectivity index (χ1v) is 7.03. The summed E-state index contributed by atoms with van der Waals surface area (Å²) in [5.74, 6) is -0.336. The van der Waals surface area contributed by atoms with Crippen molar-refractivity contribution in [2.24, 2.45) is 5.73 Å². The summed E-state index contributed by atoms with van der Waals surface area (Å²) in [7, 11) is 0. The maximum absolute atomic E-state index is 11.6. The quantitative estimate of drug-likeness (QED) is 0.880. The summed E-state index contributed by atoms with van der Waals surface area (Å²) in [6.45, 7) is 4.69. The van der Waals surface area contributed by atoms with Crippen molar-refractivity contribution in [3.8, 4) is 0 Å². The number of nitrogens with one attached hydrogen (secondary N) is 1. The molecule has 1 amide bonds. The van der Waals surface area contributed by atoms with E-state index in [1.165, 1.54) is 4.88 Å². The molecule has 1 atom stereocenters. The number of hydrogen-bond donors (Lipinski definition) is 2. The predicted molar refractivity (Wildman–Crippen MR) is 79.0 cm³/mol. The molecule has 0 saturated heterocycles. The highest BCUT2D eigenvalue weighted by Gasteiger charge is 2.20. The first kappa shape index (κ1) is 13.8. The molecule has 0 aliphatic rings. The van der Waals surface area contributed by atoms with Gasteiger partial charge in [-0.05, 0) is 31.0 Å². The first-order valence-electron chi connectivity index (χ1n) is 6.21. The van der Waals surface area contributed by atoms with Crippen molar-refractivity contribution in [2.75, 3.05) is 0 Å². The normalized spacial score (nSPS) is 12.3. The Kier molecular flexibility index (Phi) is 4.35. The van der Waals surface area contributed by atoms with Crippen LogP contribution in [0.2, 0.25) is 0 Å². The van der Waals surface area contributed by atoms with Crippen molar-refractivity contribution < 1.29 is 4.79 Å². The predicted octanol–water partition coefficient (Wildman–Crippen LogP) is 2.68. The third kappa shape index (κ3) is 3.43. The Labute approximate surface area is 117 Å². The fraction of sp³-hybridized carbons (Fsp3) is 0.267. The van der Waals surface area contributed by atoms with Gasteiger partial charge in [0.25, 0.3) is 0 Å². The van der Waals surface area contributed by atoms with E-state index in [4.69, 9.17) is 5.73 Å². The van der Waals surface area contributed by atoms with E-state index < -0.39 is 6.04 Å². The Hall–Kier alpha value is -1.65. The second kappa shape index (κ2) is 5.99. The van der Waals surface area contributed by atoms with E-state index >= 15 is 0 Å². The topological polar surface area (TPSA) is 55.1 Å². The van der Waals surface area contributed by atoms with Crippen LogP contribution in [-0.4, -0.2) is 5.91 Å². The van der Waals surface area contributed by atoms with Crippen LogP contribution >= 0.6 is 11.3 Å². The van der Waals surface area contributed by atoms with Gasteiger partial charge in [-0.25, -0.2) is 0 Å². The lowest BCUT2D eigenvalue weighted by Crippen LogP contribution is -2.33. The number of aryl methyl sites for hydroxylation is 2. The van der Waals surface area contributed by atoms with Crippen LogP contribution in [0.5, 0.6) is 0 Å². The number of rotatable bonds is 5. The summed E-state index contributed by atoms with van der Waals surface area (Å²) in [5, 5.41) is 3.24. The van der Waals surface area contributed by atoms with Crippen LogP contribution in [0.3, 0.4) is 0 Å². The molecule has 3 N–H and O–H groups in total. The third-order valence-electron chi connectivity index (χ3n) is 3.03. The summed E-state index contributed by atoms with van der Waals surface area (Å²) < 4.78 is 0. The van der Waals surface area contributed by atoms with Crippen LogP contribution in [0.1, 0.15) is 26.9 Å². The molecule has 1 unspecified atom stereocenters. The van der Waals surface area contributed by atoms with Crippen molar-refractivity contribution in [1.29, 1.82) is 0 Å². The van der Waals surface area contributed by atoms with E-state index in [1.54, 1.807) is 11.3 Å². The lowest BCUT2D eigenvalue weighted by molar-refractivity contribution is -0.120. The molecule has 0 aliphatic carbocycles. The lowest BCUT2D eigenvalue weighted by Gasteiger charge is -2.15. The van der Waals surface area contributed by atoms with E-state index in [0.717, 1.165) is 16.0 Å². The molecular weight excluding hydrogens is 256 g/mol. The largest absolute Gasteiger partial charge is 0.368 e. The Bertz CT molecular complexity index is 563. The van der Waals surface area contributed by atoms with Gasteiger partial charge in [0, 0.05) is 16.3 Å². The molecule has 0 saturated carbocycles. The van der Waals surface area contributed by atoms with Crippen LogP contribution < -0.4 is 11.1 Å². The van der Waals surface area contributed by atoms with Crippen LogP contribution in [-0.2, 0) is 11.3 Å². The lowest BCUT2D eigenvalue weighted by atomic mass is 10.1. The number of thiophene rings is 1. The number of amides is 1. The van der Waals surface area contributed by atoms with Crippen LogP contribution in [0, 0.1) is 13.8 Å². The number of carbonyl (C=O) groups is 1. The van der Waals surface area contributed by atoms with Crippen molar-refractivity contribution in [2.45, 2.75) is 26.4 Å². The van der Waals surface area contributed by atoms with Crippen molar-refractivity contribution in [3.05, 3.63) is 57.3 Å². The summed E-state index contributed by atoms with van der Waals surface area (Å²) in [5.41, 5.74) is 7.64. The minimum Gasteiger partial charge on any atom is -0.368 e. The molecule has 100 valence electrons. The molecule has 0 bridgehead atoms. The summed E-state index contributed by atoms with van der Waals surface area (Å²) in [6.07, 6.45) is 0. The smallest absolute Gasteiger partial charge is 0.239 e. The molecule has 1 aromatic carbocycles. The molecule has 2 rings (SSSR count). The minimum atomic E-state index is -0.426. The van der Waals surface area contributed by atoms with E-state index in [1.807, 2.05) is 50.2 Å². The second-order valence-corrected chi connectivity index (χ2v) is 6.03. The van der Waals surface area contributed by atoms with Crippen molar-refractivity contribution in [1.82, 2.24) is 5.32 Å². The van der Waals surface area contributed by atoms with Gasteiger partial charge >= 0.3 is 0 Å². The Balaban J connectivity index is 2.13. The molecule has 1 heterocycles. The van der Waals surface area contributed by atoms with Gasteiger partial charge in [0.1, 0.15) is 6.04 Å². The molecule has 3 nitrogen and oxygen atoms in total. The highest BCUT2D eigenvalue weighted by molar-refractivity contribution is 7.12. The number of nitrogens with two attached hydrogens (primary N) is 1. The molecule has 0 spiro atoms. The van der Waals surface area contributed by atoms with Gasteiger partial charge in [0.15, 0.2) is 0 Å². The van der Waals surface area contributed by atoms with Gasteiger partial charge in [-0.2, -0.15) is 0 Å². The van der Waals surface area contributed by atoms with Gasteiger partial charge < -0.3 is 5.73 Å². The number of benzene rings is 1. The summed E-state index contributed by atoms with van der Waals surface area (Å²) in [6, 6.07) is 11.6. The molecule has 1 aromatic heterocycles. The Morgan fingerprint density at radius 2 is 2.00 bits per heavy atom. The zero-order valence-electron chi connectivity index (χ0n) is 11.1. The van der Waals surface area contributed by atoms with E-state index in [0.29, 0.717) is 6.54 Å². The number of hydrogen-bond acceptors (Lipinski definition) is 3. The fourth-order valence-electron chi connectivity index (χ4n) is 2.12. The van der Waals surface area contributed by atoms with E-state index in [-0.39, 0.29) is 5.91 Å². The fourth-order valence-corrected chi connectivity index (χ4v) is 3.08. The van der Waals surface area contributed by atoms with Crippen molar-refractivity contribution in [3.63, 3.8) is 0 Å². The number of primary amides is 1. The molecule has 0 radical (unpaired) electrons. The Morgan fingerprint density at radius 1 is 1.32 bits per heavy atom. The molecule has 19 heavy (non-hydrogen) atoms. The van der Waals surface area contributed by atoms with Crippen LogP contribution in [0.15, 0.2) is 36.4 Å². The standard InChI is InChI=1S/C15H18N2OS/c1-10-8-13(11(2)19-10)14(15(16)18)17-9-12-6-4-3-5-7-12/h3-8,14,17H,9H2,1-2H3,(H2,16,18). The SMILES string of the molecule is Cc1cc(C(NCc2ccccc2)C(N)=O)c(C)s1. The van der Waals surface area contributed by atoms with Gasteiger partial charge in [0.05, 0.1) is 0 Å². The Morgan fingerprint density at radius 3 is 2.53 bits per heavy atom. The molecule has 0 aliphatic heterocycles. The van der Waals surface area contributed by atoms with Gasteiger partial charge in [0.2, 0.25) is 5.91 Å². The molecule has 0 fully saturated rings. The molecule has 4 heteroatoms. The monoisotopic (exact) mass is 274 g/mol. The average Bonchev–Trinajstić information content (AvgIpc) is 2.70. The van der Waals surface area contributed by atoms with Gasteiger partial charge in [-0.3, -0.25) is 10.1 Å². The van der Waals surface area contributed by atoms with E-state index in [9.17, 15) is 4.79 Å². The van der Waals surface area contributed by atoms with Crippen LogP contribution in [0.25, 0.3) is 0 Å². The number of carbonyl (C=O) groups excluding carboxylic acids is 1. The van der Waals surface area contributed by atoms with Crippen LogP contribution in [0.4, 0.5) is 0 Å². The molecular formula is C15H18N2OS. The summed E-state index contributed by atoms with van der Waals surface area (Å²) in [4.78, 5) is 14.0. The first-order chi connectivity index (χ1) is 9.08. The van der Waals surface area contributed by atoms with E-state index in [2.05, 4.69) is 5.32 Å². The average molecular weight is 274 g/mol. The zero-order valence-corrected chi connectivity index (χ0v) is 12.0. The van der Waals surface area contributed by atoms with Gasteiger partial charge in [-0.1, -0.05) is 30.3 Å². The maximum Gasteiger partial charge on any atom is 0.239 e. The van der Waals surface area contributed by atoms with Gasteiger partial charge in [-0.15, -0.1) is 11.3 Å². The third-order valence-corrected chi connectivity index (χ3v) is 4.01. The zero-order chi connectivity index (χ0) is 13.8. The summed E-state index contributed by atoms with van der Waals surface area (Å²) >= 11 is 1.69.